The van der Waals surface area contributed by atoms with Crippen molar-refractivity contribution >= 4 is 34.8 Å². The number of carbonyl (C=O) groups is 2. The second kappa shape index (κ2) is 7.92. The van der Waals surface area contributed by atoms with Gasteiger partial charge >= 0.3 is 0 Å². The Labute approximate surface area is 200 Å². The van der Waals surface area contributed by atoms with E-state index in [0.717, 1.165) is 37.2 Å². The fraction of sp³-hybridized carbons (Fsp3) is 0.538. The van der Waals surface area contributed by atoms with Gasteiger partial charge in [0.05, 0.1) is 10.0 Å². The first-order valence-corrected chi connectivity index (χ1v) is 12.1. The summed E-state index contributed by atoms with van der Waals surface area (Å²) < 4.78 is 0. The van der Waals surface area contributed by atoms with Gasteiger partial charge in [-0.05, 0) is 47.8 Å². The van der Waals surface area contributed by atoms with E-state index < -0.39 is 5.92 Å². The van der Waals surface area contributed by atoms with Gasteiger partial charge in [0, 0.05) is 47.8 Å². The molecule has 6 heteroatoms. The molecule has 4 rings (SSSR count). The van der Waals surface area contributed by atoms with Gasteiger partial charge in [-0.15, -0.1) is 0 Å². The van der Waals surface area contributed by atoms with Crippen LogP contribution in [0.25, 0.3) is 0 Å². The van der Waals surface area contributed by atoms with Gasteiger partial charge in [-0.3, -0.25) is 9.59 Å². The molecule has 0 saturated carbocycles. The number of phenols is 1. The minimum Gasteiger partial charge on any atom is -0.505 e. The smallest absolute Gasteiger partial charge is 0.162 e. The summed E-state index contributed by atoms with van der Waals surface area (Å²) in [5.41, 5.74) is 3.84. The van der Waals surface area contributed by atoms with E-state index in [-0.39, 0.29) is 38.2 Å². The van der Waals surface area contributed by atoms with Crippen molar-refractivity contribution in [2.75, 3.05) is 6.54 Å². The van der Waals surface area contributed by atoms with Crippen LogP contribution in [0.4, 0.5) is 0 Å². The summed E-state index contributed by atoms with van der Waals surface area (Å²) in [7, 11) is 0. The zero-order valence-electron chi connectivity index (χ0n) is 19.4. The van der Waals surface area contributed by atoms with Gasteiger partial charge < -0.3 is 10.0 Å². The molecule has 0 amide bonds. The molecule has 0 unspecified atom stereocenters. The van der Waals surface area contributed by atoms with E-state index in [2.05, 4.69) is 39.5 Å². The third-order valence-electron chi connectivity index (χ3n) is 6.84. The van der Waals surface area contributed by atoms with Gasteiger partial charge in [0.15, 0.2) is 17.3 Å². The average Bonchev–Trinajstić information content (AvgIpc) is 2.65. The largest absolute Gasteiger partial charge is 0.505 e. The van der Waals surface area contributed by atoms with E-state index in [1.54, 1.807) is 12.1 Å². The van der Waals surface area contributed by atoms with Gasteiger partial charge in [0.2, 0.25) is 0 Å². The van der Waals surface area contributed by atoms with Crippen LogP contribution >= 0.6 is 23.2 Å². The molecular weight excluding hydrogens is 445 g/mol. The molecule has 1 aromatic rings. The summed E-state index contributed by atoms with van der Waals surface area (Å²) in [6, 6.07) is 3.30. The van der Waals surface area contributed by atoms with Crippen molar-refractivity contribution in [3.05, 3.63) is 50.3 Å². The maximum Gasteiger partial charge on any atom is 0.162 e. The molecule has 4 nitrogen and oxygen atoms in total. The molecule has 0 saturated heterocycles. The van der Waals surface area contributed by atoms with Crippen LogP contribution < -0.4 is 0 Å². The van der Waals surface area contributed by atoms with Crippen LogP contribution in [0, 0.1) is 10.8 Å². The third kappa shape index (κ3) is 3.90. The summed E-state index contributed by atoms with van der Waals surface area (Å²) in [5.74, 6) is -0.536. The van der Waals surface area contributed by atoms with Crippen molar-refractivity contribution in [2.45, 2.75) is 72.6 Å². The summed E-state index contributed by atoms with van der Waals surface area (Å²) in [6.07, 6.45) is 3.33. The maximum absolute atomic E-state index is 13.6. The van der Waals surface area contributed by atoms with Gasteiger partial charge in [0.25, 0.3) is 0 Å². The fourth-order valence-electron chi connectivity index (χ4n) is 5.63. The number of Topliss-reactive ketones (excluding diaryl/α,β-unsaturated/α-hetero) is 2. The monoisotopic (exact) mass is 475 g/mol. The third-order valence-corrected chi connectivity index (χ3v) is 7.42. The Morgan fingerprint density at radius 2 is 1.34 bits per heavy atom. The topological polar surface area (TPSA) is 57.6 Å². The Balaban J connectivity index is 2.02. The standard InChI is InChI=1S/C26H31Cl2NO3/c1-6-7-29-17-10-25(2,3)12-19(30)22(17)21(14-8-15(27)24(32)16(28)9-14)23-18(29)11-26(4,5)13-20(23)31/h8-9,21,32H,6-7,10-13H2,1-5H3. The number of hydrogen-bond acceptors (Lipinski definition) is 4. The van der Waals surface area contributed by atoms with Crippen molar-refractivity contribution in [1.29, 1.82) is 0 Å². The molecule has 2 aliphatic carbocycles. The number of hydrogen-bond donors (Lipinski definition) is 1. The normalized spacial score (nSPS) is 22.9. The van der Waals surface area contributed by atoms with Crippen LogP contribution in [0.3, 0.4) is 0 Å². The molecule has 0 aromatic heterocycles. The number of aromatic hydroxyl groups is 1. The lowest BCUT2D eigenvalue weighted by molar-refractivity contribution is -0.119. The fourth-order valence-corrected chi connectivity index (χ4v) is 6.13. The lowest BCUT2D eigenvalue weighted by atomic mass is 9.63. The van der Waals surface area contributed by atoms with Gasteiger partial charge in [-0.2, -0.15) is 0 Å². The molecule has 0 radical (unpaired) electrons. The molecular formula is C26H31Cl2NO3. The Morgan fingerprint density at radius 1 is 0.906 bits per heavy atom. The van der Waals surface area contributed by atoms with Crippen LogP contribution in [0.5, 0.6) is 5.75 Å². The molecule has 0 atom stereocenters. The molecule has 3 aliphatic rings. The zero-order chi connectivity index (χ0) is 23.6. The number of rotatable bonds is 3. The quantitative estimate of drug-likeness (QED) is 0.522. The number of nitrogens with zero attached hydrogens (tertiary/aromatic N) is 1. The molecule has 172 valence electrons. The lowest BCUT2D eigenvalue weighted by Gasteiger charge is -2.49. The van der Waals surface area contributed by atoms with E-state index in [4.69, 9.17) is 23.2 Å². The zero-order valence-corrected chi connectivity index (χ0v) is 21.0. The number of phenolic OH excluding ortho intramolecular Hbond substituents is 1. The minimum absolute atomic E-state index is 0.0758. The highest BCUT2D eigenvalue weighted by molar-refractivity contribution is 6.37. The van der Waals surface area contributed by atoms with E-state index in [1.165, 1.54) is 0 Å². The summed E-state index contributed by atoms with van der Waals surface area (Å²) in [5, 5.41) is 10.4. The maximum atomic E-state index is 13.6. The van der Waals surface area contributed by atoms with Gasteiger partial charge in [-0.1, -0.05) is 57.8 Å². The molecule has 0 fully saturated rings. The summed E-state index contributed by atoms with van der Waals surface area (Å²) >= 11 is 12.6. The van der Waals surface area contributed by atoms with Crippen molar-refractivity contribution in [1.82, 2.24) is 4.90 Å². The SMILES string of the molecule is CCCN1C2=C(C(=O)CC(C)(C)C2)C(c2cc(Cl)c(O)c(Cl)c2)C2=C1CC(C)(C)CC2=O. The predicted octanol–water partition coefficient (Wildman–Crippen LogP) is 6.79. The average molecular weight is 476 g/mol. The van der Waals surface area contributed by atoms with Crippen LogP contribution in [0.15, 0.2) is 34.7 Å². The number of halogens is 2. The Kier molecular flexibility index (Phi) is 5.78. The van der Waals surface area contributed by atoms with E-state index in [0.29, 0.717) is 29.6 Å². The second-order valence-corrected chi connectivity index (χ2v) is 11.8. The van der Waals surface area contributed by atoms with Gasteiger partial charge in [-0.25, -0.2) is 0 Å². The van der Waals surface area contributed by atoms with Crippen molar-refractivity contribution in [3.63, 3.8) is 0 Å². The van der Waals surface area contributed by atoms with Crippen molar-refractivity contribution in [2.24, 2.45) is 10.8 Å². The molecule has 1 heterocycles. The first-order valence-electron chi connectivity index (χ1n) is 11.3. The van der Waals surface area contributed by atoms with Crippen LogP contribution in [0.1, 0.15) is 78.2 Å². The Bertz CT molecular complexity index is 1000. The van der Waals surface area contributed by atoms with E-state index >= 15 is 0 Å². The minimum atomic E-state index is -0.504. The van der Waals surface area contributed by atoms with Crippen LogP contribution in [0.2, 0.25) is 10.0 Å². The van der Waals surface area contributed by atoms with Crippen molar-refractivity contribution in [3.8, 4) is 5.75 Å². The Hall–Kier alpha value is -1.78. The lowest BCUT2D eigenvalue weighted by Crippen LogP contribution is -2.44. The molecule has 1 aliphatic heterocycles. The van der Waals surface area contributed by atoms with Crippen LogP contribution in [-0.4, -0.2) is 28.1 Å². The molecule has 1 aromatic carbocycles. The summed E-state index contributed by atoms with van der Waals surface area (Å²) in [6.45, 7) is 11.4. The number of carbonyl (C=O) groups excluding carboxylic acids is 2. The first-order chi connectivity index (χ1) is 14.8. The number of benzene rings is 1. The molecule has 0 spiro atoms. The number of allylic oxidation sites excluding steroid dienone is 4. The first kappa shape index (κ1) is 23.4. The Morgan fingerprint density at radius 3 is 1.75 bits per heavy atom. The molecule has 32 heavy (non-hydrogen) atoms. The predicted molar refractivity (Wildman–Crippen MR) is 128 cm³/mol. The van der Waals surface area contributed by atoms with Crippen molar-refractivity contribution < 1.29 is 14.7 Å². The van der Waals surface area contributed by atoms with E-state index in [1.807, 2.05) is 0 Å². The highest BCUT2D eigenvalue weighted by Gasteiger charge is 2.48. The highest BCUT2D eigenvalue weighted by Crippen LogP contribution is 2.55. The molecule has 0 bridgehead atoms. The number of ketones is 2. The van der Waals surface area contributed by atoms with Gasteiger partial charge in [0.1, 0.15) is 0 Å². The molecule has 1 N–H and O–H groups in total. The second-order valence-electron chi connectivity index (χ2n) is 11.0. The summed E-state index contributed by atoms with van der Waals surface area (Å²) in [4.78, 5) is 29.4. The van der Waals surface area contributed by atoms with Crippen LogP contribution in [-0.2, 0) is 9.59 Å². The highest BCUT2D eigenvalue weighted by atomic mass is 35.5. The van der Waals surface area contributed by atoms with E-state index in [9.17, 15) is 14.7 Å².